The number of amides is 1. The molecular formula is C20H29N3O4. The van der Waals surface area contributed by atoms with Crippen LogP contribution in [0.5, 0.6) is 0 Å². The van der Waals surface area contributed by atoms with Gasteiger partial charge in [0.15, 0.2) is 0 Å². The zero-order chi connectivity index (χ0) is 18.8. The Kier molecular flexibility index (Phi) is 5.61. The molecule has 2 atom stereocenters. The average molecular weight is 375 g/mol. The molecule has 2 unspecified atom stereocenters. The number of fused-ring (bicyclic) bond motifs is 1. The summed E-state index contributed by atoms with van der Waals surface area (Å²) in [6.45, 7) is 5.64. The normalized spacial score (nSPS) is 27.8. The molecule has 0 aliphatic carbocycles. The summed E-state index contributed by atoms with van der Waals surface area (Å²) >= 11 is 0. The fourth-order valence-electron chi connectivity index (χ4n) is 4.57. The van der Waals surface area contributed by atoms with Crippen LogP contribution in [-0.2, 0) is 16.5 Å². The molecule has 3 fully saturated rings. The van der Waals surface area contributed by atoms with Gasteiger partial charge in [-0.2, -0.15) is 0 Å². The molecule has 27 heavy (non-hydrogen) atoms. The minimum atomic E-state index is -0.239. The fourth-order valence-corrected chi connectivity index (χ4v) is 4.57. The highest BCUT2D eigenvalue weighted by Gasteiger charge is 2.37. The molecule has 148 valence electrons. The lowest BCUT2D eigenvalue weighted by Crippen LogP contribution is -2.51. The second-order valence-electron chi connectivity index (χ2n) is 7.89. The lowest BCUT2D eigenvalue weighted by Gasteiger charge is -2.39. The van der Waals surface area contributed by atoms with Crippen LogP contribution in [-0.4, -0.2) is 78.4 Å². The number of aromatic nitrogens is 1. The van der Waals surface area contributed by atoms with E-state index in [0.717, 1.165) is 45.6 Å². The number of nitrogens with zero attached hydrogens (tertiary/aromatic N) is 3. The van der Waals surface area contributed by atoms with Gasteiger partial charge in [-0.15, -0.1) is 0 Å². The first-order valence-corrected chi connectivity index (χ1v) is 10.0. The third-order valence-corrected chi connectivity index (χ3v) is 6.22. The van der Waals surface area contributed by atoms with Crippen molar-refractivity contribution < 1.29 is 14.3 Å². The van der Waals surface area contributed by atoms with Crippen molar-refractivity contribution >= 4 is 5.91 Å². The average Bonchev–Trinajstić information content (AvgIpc) is 2.92. The van der Waals surface area contributed by atoms with E-state index < -0.39 is 0 Å². The van der Waals surface area contributed by atoms with E-state index >= 15 is 0 Å². The molecular weight excluding hydrogens is 346 g/mol. The first kappa shape index (κ1) is 18.7. The van der Waals surface area contributed by atoms with Crippen molar-refractivity contribution in [3.05, 3.63) is 34.2 Å². The molecule has 1 aromatic rings. The van der Waals surface area contributed by atoms with Crippen LogP contribution in [0.4, 0.5) is 0 Å². The quantitative estimate of drug-likeness (QED) is 0.763. The number of ether oxygens (including phenoxy) is 2. The molecule has 0 spiro atoms. The Labute approximate surface area is 159 Å². The Morgan fingerprint density at radius 3 is 2.74 bits per heavy atom. The third-order valence-electron chi connectivity index (χ3n) is 6.22. The van der Waals surface area contributed by atoms with Gasteiger partial charge in [-0.25, -0.2) is 0 Å². The minimum Gasteiger partial charge on any atom is -0.381 e. The van der Waals surface area contributed by atoms with Crippen molar-refractivity contribution in [1.29, 1.82) is 0 Å². The van der Waals surface area contributed by atoms with Crippen LogP contribution in [0, 0.1) is 5.92 Å². The summed E-state index contributed by atoms with van der Waals surface area (Å²) in [6.07, 6.45) is 4.84. The summed E-state index contributed by atoms with van der Waals surface area (Å²) < 4.78 is 13.1. The molecule has 0 saturated carbocycles. The second kappa shape index (κ2) is 8.12. The van der Waals surface area contributed by atoms with Gasteiger partial charge in [-0.05, 0) is 31.4 Å². The van der Waals surface area contributed by atoms with Crippen molar-refractivity contribution in [3.8, 4) is 0 Å². The maximum Gasteiger partial charge on any atom is 0.263 e. The predicted molar refractivity (Wildman–Crippen MR) is 101 cm³/mol. The number of likely N-dealkylation sites (tertiary alicyclic amines) is 1. The van der Waals surface area contributed by atoms with Crippen LogP contribution in [0.25, 0.3) is 0 Å². The molecule has 1 aromatic heterocycles. The Morgan fingerprint density at radius 1 is 1.11 bits per heavy atom. The standard InChI is InChI=1S/C20H29N3O4/c1-21-7-2-3-17(19(21)24)20(25)23-8-4-15-13-22(9-12-27-18(15)14-23)16-5-10-26-11-6-16/h2-3,7,15-16,18H,4-6,8-14H2,1H3. The smallest absolute Gasteiger partial charge is 0.263 e. The highest BCUT2D eigenvalue weighted by molar-refractivity contribution is 5.93. The van der Waals surface area contributed by atoms with Crippen molar-refractivity contribution in [3.63, 3.8) is 0 Å². The maximum atomic E-state index is 12.9. The molecule has 4 heterocycles. The molecule has 3 saturated heterocycles. The predicted octanol–water partition coefficient (Wildman–Crippen LogP) is 0.727. The molecule has 0 aromatic carbocycles. The number of hydrogen-bond donors (Lipinski definition) is 0. The zero-order valence-electron chi connectivity index (χ0n) is 16.0. The SMILES string of the molecule is Cn1cccc(C(=O)N2CCC3CN(C4CCOCC4)CCOC3C2)c1=O. The summed E-state index contributed by atoms with van der Waals surface area (Å²) in [5.74, 6) is 0.266. The molecule has 1 amide bonds. The molecule has 7 heteroatoms. The maximum absolute atomic E-state index is 12.9. The van der Waals surface area contributed by atoms with Crippen molar-refractivity contribution in [2.24, 2.45) is 13.0 Å². The van der Waals surface area contributed by atoms with Crippen molar-refractivity contribution in [1.82, 2.24) is 14.4 Å². The Bertz CT molecular complexity index is 728. The summed E-state index contributed by atoms with van der Waals surface area (Å²) in [6, 6.07) is 3.96. The van der Waals surface area contributed by atoms with Gasteiger partial charge in [-0.3, -0.25) is 14.5 Å². The molecule has 0 N–H and O–H groups in total. The van der Waals surface area contributed by atoms with Gasteiger partial charge in [0, 0.05) is 64.6 Å². The molecule has 3 aliphatic heterocycles. The molecule has 0 radical (unpaired) electrons. The minimum absolute atomic E-state index is 0.0557. The van der Waals surface area contributed by atoms with E-state index in [1.165, 1.54) is 4.57 Å². The van der Waals surface area contributed by atoms with Gasteiger partial charge in [0.1, 0.15) is 5.56 Å². The number of carbonyl (C=O) groups excluding carboxylic acids is 1. The van der Waals surface area contributed by atoms with Gasteiger partial charge in [0.2, 0.25) is 0 Å². The van der Waals surface area contributed by atoms with Crippen LogP contribution in [0.2, 0.25) is 0 Å². The number of carbonyl (C=O) groups is 1. The van der Waals surface area contributed by atoms with Crippen LogP contribution in [0.15, 0.2) is 23.1 Å². The second-order valence-corrected chi connectivity index (χ2v) is 7.89. The highest BCUT2D eigenvalue weighted by atomic mass is 16.5. The van der Waals surface area contributed by atoms with Gasteiger partial charge < -0.3 is 18.9 Å². The summed E-state index contributed by atoms with van der Waals surface area (Å²) in [7, 11) is 1.67. The number of hydrogen-bond acceptors (Lipinski definition) is 5. The first-order chi connectivity index (χ1) is 13.1. The Balaban J connectivity index is 1.42. The van der Waals surface area contributed by atoms with Crippen molar-refractivity contribution in [2.75, 3.05) is 46.0 Å². The number of pyridine rings is 1. The van der Waals surface area contributed by atoms with E-state index in [4.69, 9.17) is 9.47 Å². The zero-order valence-corrected chi connectivity index (χ0v) is 16.0. The van der Waals surface area contributed by atoms with Crippen LogP contribution >= 0.6 is 0 Å². The van der Waals surface area contributed by atoms with Gasteiger partial charge in [0.25, 0.3) is 11.5 Å². The van der Waals surface area contributed by atoms with E-state index in [1.54, 1.807) is 30.3 Å². The van der Waals surface area contributed by atoms with E-state index in [-0.39, 0.29) is 23.1 Å². The number of rotatable bonds is 2. The Hall–Kier alpha value is -1.70. The van der Waals surface area contributed by atoms with Crippen LogP contribution in [0.3, 0.4) is 0 Å². The molecule has 3 aliphatic rings. The highest BCUT2D eigenvalue weighted by Crippen LogP contribution is 2.27. The van der Waals surface area contributed by atoms with Crippen LogP contribution in [0.1, 0.15) is 29.6 Å². The van der Waals surface area contributed by atoms with Gasteiger partial charge in [0.05, 0.1) is 12.7 Å². The van der Waals surface area contributed by atoms with Gasteiger partial charge in [-0.1, -0.05) is 0 Å². The lowest BCUT2D eigenvalue weighted by molar-refractivity contribution is -0.0174. The topological polar surface area (TPSA) is 64.0 Å². The summed E-state index contributed by atoms with van der Waals surface area (Å²) in [5.41, 5.74) is 0.00741. The summed E-state index contributed by atoms with van der Waals surface area (Å²) in [4.78, 5) is 29.5. The van der Waals surface area contributed by atoms with E-state index in [0.29, 0.717) is 31.7 Å². The number of piperidine rings is 1. The van der Waals surface area contributed by atoms with E-state index in [2.05, 4.69) is 4.90 Å². The monoisotopic (exact) mass is 375 g/mol. The molecule has 4 rings (SSSR count). The third kappa shape index (κ3) is 3.95. The number of aryl methyl sites for hydroxylation is 1. The van der Waals surface area contributed by atoms with Crippen LogP contribution < -0.4 is 5.56 Å². The first-order valence-electron chi connectivity index (χ1n) is 10.0. The van der Waals surface area contributed by atoms with E-state index in [1.807, 2.05) is 0 Å². The lowest BCUT2D eigenvalue weighted by atomic mass is 9.92. The van der Waals surface area contributed by atoms with E-state index in [9.17, 15) is 9.59 Å². The fraction of sp³-hybridized carbons (Fsp3) is 0.700. The van der Waals surface area contributed by atoms with Gasteiger partial charge >= 0.3 is 0 Å². The van der Waals surface area contributed by atoms with Crippen molar-refractivity contribution in [2.45, 2.75) is 31.4 Å². The largest absolute Gasteiger partial charge is 0.381 e. The Morgan fingerprint density at radius 2 is 1.93 bits per heavy atom. The molecule has 0 bridgehead atoms. The molecule has 7 nitrogen and oxygen atoms in total. The summed E-state index contributed by atoms with van der Waals surface area (Å²) in [5, 5.41) is 0.